The largest absolute Gasteiger partial charge is 0.379 e. The van der Waals surface area contributed by atoms with Gasteiger partial charge in [-0.1, -0.05) is 0 Å². The van der Waals surface area contributed by atoms with Crippen LogP contribution >= 0.6 is 0 Å². The number of nitriles is 1. The Labute approximate surface area is 147 Å². The van der Waals surface area contributed by atoms with Crippen LogP contribution in [-0.2, 0) is 9.53 Å². The first-order valence-electron chi connectivity index (χ1n) is 8.58. The van der Waals surface area contributed by atoms with Crippen molar-refractivity contribution in [3.05, 3.63) is 35.4 Å². The summed E-state index contributed by atoms with van der Waals surface area (Å²) in [6.45, 7) is 4.64. The lowest BCUT2D eigenvalue weighted by atomic mass is 10.1. The van der Waals surface area contributed by atoms with Gasteiger partial charge in [0.25, 0.3) is 5.91 Å². The summed E-state index contributed by atoms with van der Waals surface area (Å²) in [5.74, 6) is -0.0459. The van der Waals surface area contributed by atoms with E-state index in [-0.39, 0.29) is 17.9 Å². The third-order valence-corrected chi connectivity index (χ3v) is 4.70. The quantitative estimate of drug-likeness (QED) is 0.827. The molecule has 132 valence electrons. The van der Waals surface area contributed by atoms with Crippen molar-refractivity contribution >= 4 is 11.8 Å². The summed E-state index contributed by atoms with van der Waals surface area (Å²) in [5.41, 5.74) is 1.03. The van der Waals surface area contributed by atoms with E-state index in [2.05, 4.69) is 10.2 Å². The number of nitrogens with one attached hydrogen (secondary N) is 1. The highest BCUT2D eigenvalue weighted by atomic mass is 16.5. The van der Waals surface area contributed by atoms with Crippen LogP contribution in [0.3, 0.4) is 0 Å². The van der Waals surface area contributed by atoms with Gasteiger partial charge in [-0.15, -0.1) is 0 Å². The number of hydrogen-bond donors (Lipinski definition) is 1. The molecule has 1 N–H and O–H groups in total. The van der Waals surface area contributed by atoms with Gasteiger partial charge < -0.3 is 15.0 Å². The molecule has 3 rings (SSSR count). The summed E-state index contributed by atoms with van der Waals surface area (Å²) >= 11 is 0. The summed E-state index contributed by atoms with van der Waals surface area (Å²) in [5, 5.41) is 11.6. The maximum absolute atomic E-state index is 12.5. The normalized spacial score (nSPS) is 21.2. The van der Waals surface area contributed by atoms with E-state index in [1.807, 2.05) is 11.0 Å². The Balaban J connectivity index is 1.45. The first kappa shape index (κ1) is 17.4. The molecule has 2 amide bonds. The van der Waals surface area contributed by atoms with Crippen molar-refractivity contribution in [2.75, 3.05) is 45.9 Å². The lowest BCUT2D eigenvalue weighted by Gasteiger charge is -2.31. The van der Waals surface area contributed by atoms with Gasteiger partial charge in [0.2, 0.25) is 5.91 Å². The highest BCUT2D eigenvalue weighted by Crippen LogP contribution is 2.18. The predicted molar refractivity (Wildman–Crippen MR) is 90.9 cm³/mol. The van der Waals surface area contributed by atoms with Crippen molar-refractivity contribution in [1.82, 2.24) is 15.1 Å². The number of nitrogens with zero attached hydrogens (tertiary/aromatic N) is 3. The third-order valence-electron chi connectivity index (χ3n) is 4.70. The highest BCUT2D eigenvalue weighted by molar-refractivity contribution is 5.94. The molecule has 2 saturated heterocycles. The fourth-order valence-electron chi connectivity index (χ4n) is 3.28. The Hall–Kier alpha value is -2.43. The minimum Gasteiger partial charge on any atom is -0.379 e. The first-order valence-corrected chi connectivity index (χ1v) is 8.58. The summed E-state index contributed by atoms with van der Waals surface area (Å²) in [6.07, 6.45) is 0.836. The van der Waals surface area contributed by atoms with Gasteiger partial charge in [-0.2, -0.15) is 5.26 Å². The van der Waals surface area contributed by atoms with Crippen molar-refractivity contribution < 1.29 is 14.3 Å². The molecule has 2 aliphatic heterocycles. The third kappa shape index (κ3) is 4.16. The van der Waals surface area contributed by atoms with Crippen LogP contribution in [0.5, 0.6) is 0 Å². The molecule has 0 radical (unpaired) electrons. The van der Waals surface area contributed by atoms with E-state index in [1.165, 1.54) is 0 Å². The van der Waals surface area contributed by atoms with Crippen LogP contribution in [0.4, 0.5) is 0 Å². The van der Waals surface area contributed by atoms with E-state index in [0.29, 0.717) is 37.4 Å². The number of benzene rings is 1. The Bertz CT molecular complexity index is 662. The van der Waals surface area contributed by atoms with Gasteiger partial charge in [0.05, 0.1) is 30.9 Å². The van der Waals surface area contributed by atoms with Gasteiger partial charge in [0, 0.05) is 38.3 Å². The monoisotopic (exact) mass is 342 g/mol. The zero-order valence-electron chi connectivity index (χ0n) is 14.1. The molecular weight excluding hydrogens is 320 g/mol. The second-order valence-corrected chi connectivity index (χ2v) is 6.22. The van der Waals surface area contributed by atoms with Crippen molar-refractivity contribution in [2.24, 2.45) is 0 Å². The van der Waals surface area contributed by atoms with E-state index in [0.717, 1.165) is 26.1 Å². The molecule has 7 nitrogen and oxygen atoms in total. The van der Waals surface area contributed by atoms with Gasteiger partial charge in [0.1, 0.15) is 0 Å². The molecular formula is C18H22N4O3. The number of rotatable bonds is 5. The zero-order chi connectivity index (χ0) is 17.6. The van der Waals surface area contributed by atoms with E-state index in [4.69, 9.17) is 10.00 Å². The summed E-state index contributed by atoms with van der Waals surface area (Å²) < 4.78 is 5.34. The van der Waals surface area contributed by atoms with E-state index in [9.17, 15) is 9.59 Å². The maximum Gasteiger partial charge on any atom is 0.251 e. The van der Waals surface area contributed by atoms with Gasteiger partial charge in [-0.3, -0.25) is 14.5 Å². The number of amides is 2. The van der Waals surface area contributed by atoms with Crippen LogP contribution in [-0.4, -0.2) is 73.6 Å². The highest BCUT2D eigenvalue weighted by Gasteiger charge is 2.36. The van der Waals surface area contributed by atoms with Crippen LogP contribution < -0.4 is 5.32 Å². The van der Waals surface area contributed by atoms with Gasteiger partial charge in [-0.25, -0.2) is 0 Å². The molecule has 1 atom stereocenters. The second-order valence-electron chi connectivity index (χ2n) is 6.22. The Morgan fingerprint density at radius 1 is 1.24 bits per heavy atom. The minimum atomic E-state index is -0.194. The standard InChI is InChI=1S/C18H22N4O3/c19-13-14-1-3-15(4-2-14)17(23)20-6-8-22-7-5-16(18(22)24)21-9-11-25-12-10-21/h1-4,16H,5-12H2,(H,20,23). The van der Waals surface area contributed by atoms with Gasteiger partial charge in [-0.05, 0) is 30.7 Å². The zero-order valence-corrected chi connectivity index (χ0v) is 14.1. The minimum absolute atomic E-state index is 0.0434. The van der Waals surface area contributed by atoms with Gasteiger partial charge in [0.15, 0.2) is 0 Å². The molecule has 2 heterocycles. The van der Waals surface area contributed by atoms with Gasteiger partial charge >= 0.3 is 0 Å². The summed E-state index contributed by atoms with van der Waals surface area (Å²) in [7, 11) is 0. The lowest BCUT2D eigenvalue weighted by Crippen LogP contribution is -2.48. The van der Waals surface area contributed by atoms with E-state index < -0.39 is 0 Å². The number of morpholine rings is 1. The number of hydrogen-bond acceptors (Lipinski definition) is 5. The van der Waals surface area contributed by atoms with E-state index in [1.54, 1.807) is 24.3 Å². The van der Waals surface area contributed by atoms with Crippen molar-refractivity contribution in [3.63, 3.8) is 0 Å². The smallest absolute Gasteiger partial charge is 0.251 e. The molecule has 0 bridgehead atoms. The molecule has 0 aliphatic carbocycles. The Morgan fingerprint density at radius 2 is 1.96 bits per heavy atom. The van der Waals surface area contributed by atoms with Crippen molar-refractivity contribution in [1.29, 1.82) is 5.26 Å². The molecule has 1 aromatic carbocycles. The average Bonchev–Trinajstić information content (AvgIpc) is 3.03. The molecule has 7 heteroatoms. The fourth-order valence-corrected chi connectivity index (χ4v) is 3.28. The number of ether oxygens (including phenoxy) is 1. The molecule has 1 unspecified atom stereocenters. The van der Waals surface area contributed by atoms with Crippen molar-refractivity contribution in [2.45, 2.75) is 12.5 Å². The molecule has 25 heavy (non-hydrogen) atoms. The molecule has 1 aromatic rings. The summed E-state index contributed by atoms with van der Waals surface area (Å²) in [4.78, 5) is 28.6. The Kier molecular flexibility index (Phi) is 5.64. The lowest BCUT2D eigenvalue weighted by molar-refractivity contribution is -0.133. The SMILES string of the molecule is N#Cc1ccc(C(=O)NCCN2CCC(N3CCOCC3)C2=O)cc1. The molecule has 0 aromatic heterocycles. The number of carbonyl (C=O) groups is 2. The first-order chi connectivity index (χ1) is 12.2. The predicted octanol–water partition coefficient (Wildman–Crippen LogP) is 0.221. The molecule has 2 fully saturated rings. The van der Waals surface area contributed by atoms with Crippen LogP contribution in [0.1, 0.15) is 22.3 Å². The van der Waals surface area contributed by atoms with Crippen LogP contribution in [0.2, 0.25) is 0 Å². The van der Waals surface area contributed by atoms with Crippen LogP contribution in [0.25, 0.3) is 0 Å². The number of carbonyl (C=O) groups excluding carboxylic acids is 2. The second kappa shape index (κ2) is 8.10. The fraction of sp³-hybridized carbons (Fsp3) is 0.500. The van der Waals surface area contributed by atoms with Crippen LogP contribution in [0, 0.1) is 11.3 Å². The average molecular weight is 342 g/mol. The molecule has 2 aliphatic rings. The maximum atomic E-state index is 12.5. The topological polar surface area (TPSA) is 85.7 Å². The summed E-state index contributed by atoms with van der Waals surface area (Å²) in [6, 6.07) is 8.47. The Morgan fingerprint density at radius 3 is 2.64 bits per heavy atom. The van der Waals surface area contributed by atoms with Crippen LogP contribution in [0.15, 0.2) is 24.3 Å². The van der Waals surface area contributed by atoms with E-state index >= 15 is 0 Å². The molecule has 0 spiro atoms. The number of likely N-dealkylation sites (tertiary alicyclic amines) is 1. The van der Waals surface area contributed by atoms with Crippen molar-refractivity contribution in [3.8, 4) is 6.07 Å². The molecule has 0 saturated carbocycles.